The van der Waals surface area contributed by atoms with Gasteiger partial charge in [-0.05, 0) is 38.3 Å². The van der Waals surface area contributed by atoms with Crippen LogP contribution in [0.5, 0.6) is 0 Å². The minimum atomic E-state index is -1.11. The predicted octanol–water partition coefficient (Wildman–Crippen LogP) is 2.08. The third-order valence-electron chi connectivity index (χ3n) is 5.11. The van der Waals surface area contributed by atoms with Crippen LogP contribution in [0, 0.1) is 5.92 Å². The van der Waals surface area contributed by atoms with Crippen molar-refractivity contribution in [2.24, 2.45) is 5.92 Å². The van der Waals surface area contributed by atoms with E-state index in [1.54, 1.807) is 52.0 Å². The fourth-order valence-corrected chi connectivity index (χ4v) is 3.39. The number of para-hydroxylation sites is 1. The molecular weight excluding hydrogens is 402 g/mol. The van der Waals surface area contributed by atoms with Crippen molar-refractivity contribution in [3.05, 3.63) is 29.8 Å². The van der Waals surface area contributed by atoms with E-state index in [0.29, 0.717) is 12.1 Å². The molecule has 0 aromatic heterocycles. The highest BCUT2D eigenvalue weighted by Gasteiger charge is 2.38. The van der Waals surface area contributed by atoms with Crippen molar-refractivity contribution in [2.75, 3.05) is 11.4 Å². The summed E-state index contributed by atoms with van der Waals surface area (Å²) in [6, 6.07) is 5.06. The van der Waals surface area contributed by atoms with Crippen molar-refractivity contribution >= 4 is 29.6 Å². The van der Waals surface area contributed by atoms with Crippen LogP contribution in [0.1, 0.15) is 46.6 Å². The van der Waals surface area contributed by atoms with Gasteiger partial charge in [-0.2, -0.15) is 0 Å². The second kappa shape index (κ2) is 9.80. The molecule has 9 nitrogen and oxygen atoms in total. The van der Waals surface area contributed by atoms with E-state index in [9.17, 15) is 24.3 Å². The second-order valence-electron chi connectivity index (χ2n) is 8.68. The summed E-state index contributed by atoms with van der Waals surface area (Å²) >= 11 is 0. The highest BCUT2D eigenvalue weighted by molar-refractivity contribution is 6.04. The van der Waals surface area contributed by atoms with Crippen molar-refractivity contribution in [3.63, 3.8) is 0 Å². The minimum Gasteiger partial charge on any atom is -0.480 e. The highest BCUT2D eigenvalue weighted by Crippen LogP contribution is 2.32. The van der Waals surface area contributed by atoms with Crippen molar-refractivity contribution in [1.82, 2.24) is 10.6 Å². The van der Waals surface area contributed by atoms with Gasteiger partial charge in [0.15, 0.2) is 0 Å². The maximum Gasteiger partial charge on any atom is 0.408 e. The molecule has 1 aromatic rings. The number of nitrogens with one attached hydrogen (secondary N) is 2. The number of fused-ring (bicyclic) bond motifs is 1. The first kappa shape index (κ1) is 24.2. The minimum absolute atomic E-state index is 0.207. The summed E-state index contributed by atoms with van der Waals surface area (Å²) in [5.74, 6) is -2.39. The van der Waals surface area contributed by atoms with Crippen molar-refractivity contribution in [1.29, 1.82) is 0 Å². The van der Waals surface area contributed by atoms with Crippen LogP contribution in [-0.2, 0) is 25.5 Å². The summed E-state index contributed by atoms with van der Waals surface area (Å²) in [5, 5.41) is 14.6. The molecule has 9 heteroatoms. The Morgan fingerprint density at radius 3 is 2.45 bits per heavy atom. The molecule has 1 aliphatic rings. The van der Waals surface area contributed by atoms with Crippen molar-refractivity contribution < 1.29 is 29.0 Å². The molecule has 1 unspecified atom stereocenters. The summed E-state index contributed by atoms with van der Waals surface area (Å²) in [6.07, 6.45) is 0.0993. The Morgan fingerprint density at radius 2 is 1.87 bits per heavy atom. The molecule has 0 saturated heterocycles. The number of carbonyl (C=O) groups excluding carboxylic acids is 3. The molecule has 1 aliphatic heterocycles. The zero-order chi connectivity index (χ0) is 23.3. The number of hydrogen-bond donors (Lipinski definition) is 3. The Kier molecular flexibility index (Phi) is 7.65. The molecular formula is C22H31N3O6. The van der Waals surface area contributed by atoms with E-state index < -0.39 is 41.6 Å². The lowest BCUT2D eigenvalue weighted by molar-refractivity contribution is -0.139. The van der Waals surface area contributed by atoms with Gasteiger partial charge in [0.05, 0.1) is 6.54 Å². The number of aliphatic carboxylic acids is 1. The molecule has 0 radical (unpaired) electrons. The number of rotatable bonds is 7. The van der Waals surface area contributed by atoms with Crippen LogP contribution in [0.25, 0.3) is 0 Å². The molecule has 3 N–H and O–H groups in total. The Bertz CT molecular complexity index is 848. The number of ether oxygens (including phenoxy) is 1. The van der Waals surface area contributed by atoms with Gasteiger partial charge in [0.2, 0.25) is 11.8 Å². The van der Waals surface area contributed by atoms with E-state index in [0.717, 1.165) is 5.56 Å². The van der Waals surface area contributed by atoms with Gasteiger partial charge in [-0.1, -0.05) is 38.5 Å². The van der Waals surface area contributed by atoms with Crippen LogP contribution >= 0.6 is 0 Å². The van der Waals surface area contributed by atoms with E-state index in [-0.39, 0.29) is 18.9 Å². The molecule has 0 bridgehead atoms. The lowest BCUT2D eigenvalue weighted by Gasteiger charge is -2.27. The first-order valence-corrected chi connectivity index (χ1v) is 10.3. The Hall–Kier alpha value is -3.10. The monoisotopic (exact) mass is 433 g/mol. The van der Waals surface area contributed by atoms with Crippen LogP contribution < -0.4 is 15.5 Å². The second-order valence-corrected chi connectivity index (χ2v) is 8.68. The molecule has 0 spiro atoms. The molecule has 170 valence electrons. The average Bonchev–Trinajstić information content (AvgIpc) is 3.08. The summed E-state index contributed by atoms with van der Waals surface area (Å²) in [5.41, 5.74) is 0.573. The molecule has 31 heavy (non-hydrogen) atoms. The first-order chi connectivity index (χ1) is 14.4. The van der Waals surface area contributed by atoms with Crippen LogP contribution in [0.3, 0.4) is 0 Å². The maximum absolute atomic E-state index is 12.8. The third-order valence-corrected chi connectivity index (χ3v) is 5.11. The van der Waals surface area contributed by atoms with E-state index in [4.69, 9.17) is 4.74 Å². The summed E-state index contributed by atoms with van der Waals surface area (Å²) < 4.78 is 5.23. The summed E-state index contributed by atoms with van der Waals surface area (Å²) in [7, 11) is 0. The zero-order valence-corrected chi connectivity index (χ0v) is 18.6. The predicted molar refractivity (Wildman–Crippen MR) is 115 cm³/mol. The number of nitrogens with zero attached hydrogens (tertiary/aromatic N) is 1. The van der Waals surface area contributed by atoms with E-state index in [1.165, 1.54) is 4.90 Å². The van der Waals surface area contributed by atoms with E-state index in [1.807, 2.05) is 6.92 Å². The molecule has 1 aromatic carbocycles. The number of anilines is 1. The standard InChI is InChI=1S/C22H31N3O6/c1-6-13(2)18(24-21(30)31-22(3,4)5)19(27)23-12-17(26)25-15-10-8-7-9-14(15)11-16(25)20(28)29/h7-10,13,16,18H,6,11-12H2,1-5H3,(H,23,27)(H,24,30)(H,28,29)/t13-,16?,18-/m0/s1. The van der Waals surface area contributed by atoms with Crippen LogP contribution in [0.15, 0.2) is 24.3 Å². The van der Waals surface area contributed by atoms with Gasteiger partial charge in [0.25, 0.3) is 0 Å². The van der Waals surface area contributed by atoms with E-state index in [2.05, 4.69) is 10.6 Å². The Balaban J connectivity index is 2.08. The lowest BCUT2D eigenvalue weighted by atomic mass is 9.98. The fraction of sp³-hybridized carbons (Fsp3) is 0.545. The van der Waals surface area contributed by atoms with Gasteiger partial charge in [-0.15, -0.1) is 0 Å². The first-order valence-electron chi connectivity index (χ1n) is 10.3. The average molecular weight is 434 g/mol. The number of carboxylic acid groups (broad SMARTS) is 1. The number of amides is 3. The number of hydrogen-bond acceptors (Lipinski definition) is 5. The molecule has 0 aliphatic carbocycles. The molecule has 3 amide bonds. The normalized spacial score (nSPS) is 17.3. The largest absolute Gasteiger partial charge is 0.480 e. The van der Waals surface area contributed by atoms with Crippen LogP contribution in [0.2, 0.25) is 0 Å². The molecule has 1 heterocycles. The van der Waals surface area contributed by atoms with Gasteiger partial charge >= 0.3 is 12.1 Å². The Morgan fingerprint density at radius 1 is 1.23 bits per heavy atom. The highest BCUT2D eigenvalue weighted by atomic mass is 16.6. The lowest BCUT2D eigenvalue weighted by Crippen LogP contribution is -2.54. The number of benzene rings is 1. The zero-order valence-electron chi connectivity index (χ0n) is 18.6. The summed E-state index contributed by atoms with van der Waals surface area (Å²) in [4.78, 5) is 50.6. The third kappa shape index (κ3) is 6.19. The molecule has 0 fully saturated rings. The molecule has 0 saturated carbocycles. The summed E-state index contributed by atoms with van der Waals surface area (Å²) in [6.45, 7) is 8.45. The molecule has 2 rings (SSSR count). The number of carbonyl (C=O) groups is 4. The van der Waals surface area contributed by atoms with Crippen LogP contribution in [-0.4, -0.2) is 53.2 Å². The fourth-order valence-electron chi connectivity index (χ4n) is 3.39. The number of carboxylic acids is 1. The topological polar surface area (TPSA) is 125 Å². The SMILES string of the molecule is CC[C@H](C)[C@H](NC(=O)OC(C)(C)C)C(=O)NCC(=O)N1c2ccccc2CC1C(=O)O. The quantitative estimate of drug-likeness (QED) is 0.605. The van der Waals surface area contributed by atoms with Crippen LogP contribution in [0.4, 0.5) is 10.5 Å². The van der Waals surface area contributed by atoms with Gasteiger partial charge in [-0.3, -0.25) is 14.5 Å². The van der Waals surface area contributed by atoms with Crippen molar-refractivity contribution in [3.8, 4) is 0 Å². The van der Waals surface area contributed by atoms with E-state index >= 15 is 0 Å². The van der Waals surface area contributed by atoms with Gasteiger partial charge in [0.1, 0.15) is 17.7 Å². The van der Waals surface area contributed by atoms with Crippen molar-refractivity contribution in [2.45, 2.75) is 65.1 Å². The number of alkyl carbamates (subject to hydrolysis) is 1. The molecule has 3 atom stereocenters. The van der Waals surface area contributed by atoms with Gasteiger partial charge in [-0.25, -0.2) is 9.59 Å². The smallest absolute Gasteiger partial charge is 0.408 e. The maximum atomic E-state index is 12.8. The Labute approximate surface area is 182 Å². The van der Waals surface area contributed by atoms with Gasteiger partial charge < -0.3 is 20.5 Å². The van der Waals surface area contributed by atoms with Gasteiger partial charge in [0, 0.05) is 12.1 Å².